The molecule has 0 atom stereocenters. The molecule has 2 aromatic carbocycles. The Hall–Kier alpha value is -2.53. The molecule has 0 aliphatic rings. The van der Waals surface area contributed by atoms with Gasteiger partial charge in [-0.3, -0.25) is 4.79 Å². The van der Waals surface area contributed by atoms with Crippen LogP contribution in [0, 0.1) is 0 Å². The minimum atomic E-state index is -0.260. The van der Waals surface area contributed by atoms with Gasteiger partial charge in [0.25, 0.3) is 5.91 Å². The number of amides is 1. The van der Waals surface area contributed by atoms with E-state index in [2.05, 4.69) is 10.5 Å². The predicted molar refractivity (Wildman–Crippen MR) is 89.8 cm³/mol. The van der Waals surface area contributed by atoms with Gasteiger partial charge in [0.05, 0.1) is 13.3 Å². The number of methoxy groups -OCH3 is 1. The van der Waals surface area contributed by atoms with Gasteiger partial charge in [-0.15, -0.1) is 0 Å². The van der Waals surface area contributed by atoms with Crippen LogP contribution in [-0.4, -0.2) is 25.8 Å². The second-order valence-corrected chi connectivity index (χ2v) is 5.08. The molecule has 0 spiro atoms. The number of hydrogen-bond donors (Lipinski definition) is 1. The molecule has 0 saturated carbocycles. The van der Waals surface area contributed by atoms with Gasteiger partial charge in [0.15, 0.2) is 6.61 Å². The fraction of sp³-hybridized carbons (Fsp3) is 0.176. The Labute approximate surface area is 139 Å². The third kappa shape index (κ3) is 5.64. The summed E-state index contributed by atoms with van der Waals surface area (Å²) in [7, 11) is 1.59. The van der Waals surface area contributed by atoms with Gasteiger partial charge < -0.3 is 14.9 Å². The van der Waals surface area contributed by atoms with Gasteiger partial charge in [-0.25, -0.2) is 0 Å². The number of nitrogens with zero attached hydrogens (tertiary/aromatic N) is 1. The number of hydrogen-bond acceptors (Lipinski definition) is 4. The van der Waals surface area contributed by atoms with Crippen molar-refractivity contribution >= 4 is 23.7 Å². The van der Waals surface area contributed by atoms with Crippen LogP contribution in [0.1, 0.15) is 11.1 Å². The Morgan fingerprint density at radius 3 is 2.70 bits per heavy atom. The minimum absolute atomic E-state index is 0.154. The van der Waals surface area contributed by atoms with Crippen molar-refractivity contribution < 1.29 is 14.4 Å². The van der Waals surface area contributed by atoms with Crippen molar-refractivity contribution in [3.8, 4) is 5.75 Å². The molecule has 0 bridgehead atoms. The summed E-state index contributed by atoms with van der Waals surface area (Å²) in [6.07, 6.45) is 1.52. The molecule has 2 rings (SSSR count). The first-order valence-electron chi connectivity index (χ1n) is 6.98. The van der Waals surface area contributed by atoms with E-state index in [4.69, 9.17) is 21.2 Å². The van der Waals surface area contributed by atoms with Gasteiger partial charge in [0, 0.05) is 17.1 Å². The SMILES string of the molecule is COc1ccccc1CNC(=O)CO/N=C/c1ccc(Cl)cc1. The molecule has 0 aromatic heterocycles. The summed E-state index contributed by atoms with van der Waals surface area (Å²) in [6, 6.07) is 14.6. The lowest BCUT2D eigenvalue weighted by Gasteiger charge is -2.08. The fourth-order valence-corrected chi connectivity index (χ4v) is 1.96. The van der Waals surface area contributed by atoms with Crippen LogP contribution in [-0.2, 0) is 16.2 Å². The Kier molecular flexibility index (Phi) is 6.44. The first-order chi connectivity index (χ1) is 11.2. The number of carbonyl (C=O) groups excluding carboxylic acids is 1. The normalized spacial score (nSPS) is 10.5. The van der Waals surface area contributed by atoms with E-state index in [0.29, 0.717) is 11.6 Å². The third-order valence-corrected chi connectivity index (χ3v) is 3.26. The monoisotopic (exact) mass is 332 g/mol. The number of nitrogens with one attached hydrogen (secondary N) is 1. The van der Waals surface area contributed by atoms with E-state index >= 15 is 0 Å². The second kappa shape index (κ2) is 8.80. The molecule has 0 heterocycles. The van der Waals surface area contributed by atoms with Crippen LogP contribution in [0.25, 0.3) is 0 Å². The molecule has 0 aliphatic heterocycles. The van der Waals surface area contributed by atoms with Crippen LogP contribution in [0.2, 0.25) is 5.02 Å². The standard InChI is InChI=1S/C17H17ClN2O3/c1-22-16-5-3-2-4-14(16)11-19-17(21)12-23-20-10-13-6-8-15(18)9-7-13/h2-10H,11-12H2,1H3,(H,19,21)/b20-10+. The smallest absolute Gasteiger partial charge is 0.261 e. The van der Waals surface area contributed by atoms with E-state index < -0.39 is 0 Å². The van der Waals surface area contributed by atoms with E-state index in [0.717, 1.165) is 16.9 Å². The molecule has 1 N–H and O–H groups in total. The van der Waals surface area contributed by atoms with E-state index in [1.54, 1.807) is 31.4 Å². The predicted octanol–water partition coefficient (Wildman–Crippen LogP) is 3.02. The third-order valence-electron chi connectivity index (χ3n) is 3.01. The maximum Gasteiger partial charge on any atom is 0.261 e. The van der Waals surface area contributed by atoms with E-state index in [9.17, 15) is 4.79 Å². The number of rotatable bonds is 7. The summed E-state index contributed by atoms with van der Waals surface area (Å²) >= 11 is 5.78. The largest absolute Gasteiger partial charge is 0.496 e. The molecule has 23 heavy (non-hydrogen) atoms. The van der Waals surface area contributed by atoms with Crippen molar-refractivity contribution in [3.63, 3.8) is 0 Å². The molecule has 120 valence electrons. The molecule has 0 saturated heterocycles. The maximum absolute atomic E-state index is 11.7. The summed E-state index contributed by atoms with van der Waals surface area (Å²) in [5, 5.41) is 7.14. The highest BCUT2D eigenvalue weighted by Crippen LogP contribution is 2.16. The molecule has 6 heteroatoms. The molecule has 0 radical (unpaired) electrons. The number of carbonyl (C=O) groups is 1. The van der Waals surface area contributed by atoms with Crippen LogP contribution < -0.4 is 10.1 Å². The van der Waals surface area contributed by atoms with Crippen molar-refractivity contribution in [2.75, 3.05) is 13.7 Å². The molecule has 1 amide bonds. The summed E-state index contributed by atoms with van der Waals surface area (Å²) in [6.45, 7) is 0.215. The first-order valence-corrected chi connectivity index (χ1v) is 7.36. The van der Waals surface area contributed by atoms with E-state index in [-0.39, 0.29) is 12.5 Å². The first kappa shape index (κ1) is 16.8. The van der Waals surface area contributed by atoms with E-state index in [1.807, 2.05) is 24.3 Å². The Bertz CT molecular complexity index is 672. The van der Waals surface area contributed by atoms with Crippen LogP contribution in [0.5, 0.6) is 5.75 Å². The molecular weight excluding hydrogens is 316 g/mol. The zero-order chi connectivity index (χ0) is 16.5. The average Bonchev–Trinajstić information content (AvgIpc) is 2.58. The molecular formula is C17H17ClN2O3. The van der Waals surface area contributed by atoms with Gasteiger partial charge >= 0.3 is 0 Å². The topological polar surface area (TPSA) is 59.9 Å². The Morgan fingerprint density at radius 1 is 1.22 bits per heavy atom. The van der Waals surface area contributed by atoms with Crippen molar-refractivity contribution in [1.82, 2.24) is 5.32 Å². The van der Waals surface area contributed by atoms with Crippen LogP contribution >= 0.6 is 11.6 Å². The highest BCUT2D eigenvalue weighted by molar-refractivity contribution is 6.30. The highest BCUT2D eigenvalue weighted by Gasteiger charge is 2.05. The number of para-hydroxylation sites is 1. The van der Waals surface area contributed by atoms with Crippen LogP contribution in [0.15, 0.2) is 53.7 Å². The molecule has 5 nitrogen and oxygen atoms in total. The fourth-order valence-electron chi connectivity index (χ4n) is 1.84. The maximum atomic E-state index is 11.7. The van der Waals surface area contributed by atoms with Crippen LogP contribution in [0.3, 0.4) is 0 Å². The van der Waals surface area contributed by atoms with Crippen molar-refractivity contribution in [1.29, 1.82) is 0 Å². The zero-order valence-corrected chi connectivity index (χ0v) is 13.4. The second-order valence-electron chi connectivity index (χ2n) is 4.65. The van der Waals surface area contributed by atoms with Gasteiger partial charge in [0.2, 0.25) is 0 Å². The summed E-state index contributed by atoms with van der Waals surface area (Å²) < 4.78 is 5.22. The molecule has 2 aromatic rings. The van der Waals surface area contributed by atoms with Gasteiger partial charge in [0.1, 0.15) is 5.75 Å². The van der Waals surface area contributed by atoms with Gasteiger partial charge in [-0.05, 0) is 23.8 Å². The van der Waals surface area contributed by atoms with Crippen molar-refractivity contribution in [2.24, 2.45) is 5.16 Å². The summed E-state index contributed by atoms with van der Waals surface area (Å²) in [5.74, 6) is 0.471. The molecule has 0 fully saturated rings. The quantitative estimate of drug-likeness (QED) is 0.626. The zero-order valence-electron chi connectivity index (χ0n) is 12.7. The Morgan fingerprint density at radius 2 is 1.96 bits per heavy atom. The van der Waals surface area contributed by atoms with Crippen LogP contribution in [0.4, 0.5) is 0 Å². The van der Waals surface area contributed by atoms with E-state index in [1.165, 1.54) is 6.21 Å². The highest BCUT2D eigenvalue weighted by atomic mass is 35.5. The number of ether oxygens (including phenoxy) is 1. The summed E-state index contributed by atoms with van der Waals surface area (Å²) in [5.41, 5.74) is 1.73. The average molecular weight is 333 g/mol. The lowest BCUT2D eigenvalue weighted by atomic mass is 10.2. The number of oxime groups is 1. The van der Waals surface area contributed by atoms with Gasteiger partial charge in [-0.1, -0.05) is 47.1 Å². The number of halogens is 1. The summed E-state index contributed by atoms with van der Waals surface area (Å²) in [4.78, 5) is 16.7. The molecule has 0 unspecified atom stereocenters. The van der Waals surface area contributed by atoms with Crippen molar-refractivity contribution in [3.05, 3.63) is 64.7 Å². The van der Waals surface area contributed by atoms with Crippen molar-refractivity contribution in [2.45, 2.75) is 6.54 Å². The van der Waals surface area contributed by atoms with Gasteiger partial charge in [-0.2, -0.15) is 0 Å². The lowest BCUT2D eigenvalue weighted by molar-refractivity contribution is -0.125. The lowest BCUT2D eigenvalue weighted by Crippen LogP contribution is -2.26. The number of benzene rings is 2. The molecule has 0 aliphatic carbocycles. The minimum Gasteiger partial charge on any atom is -0.496 e. The Balaban J connectivity index is 1.74.